The molecule has 7 rings (SSSR count). The van der Waals surface area contributed by atoms with Crippen molar-refractivity contribution in [1.29, 1.82) is 0 Å². The zero-order valence-corrected chi connectivity index (χ0v) is 25.5. The van der Waals surface area contributed by atoms with Gasteiger partial charge in [-0.3, -0.25) is 0 Å². The fraction of sp³-hybridized carbons (Fsp3) is 0.0455. The molecule has 2 nitrogen and oxygen atoms in total. The van der Waals surface area contributed by atoms with E-state index in [4.69, 9.17) is 10.2 Å². The van der Waals surface area contributed by atoms with Gasteiger partial charge in [0, 0.05) is 0 Å². The second-order valence-electron chi connectivity index (χ2n) is 11.4. The molecule has 0 aliphatic rings. The van der Waals surface area contributed by atoms with E-state index < -0.39 is 11.1 Å². The largest absolute Gasteiger partial charge is 0.171 e. The van der Waals surface area contributed by atoms with Crippen LogP contribution in [0.25, 0.3) is 11.1 Å². The lowest BCUT2D eigenvalue weighted by atomic mass is 9.74. The minimum Gasteiger partial charge on any atom is -0.171 e. The molecule has 2 heteroatoms. The summed E-state index contributed by atoms with van der Waals surface area (Å²) < 4.78 is 0. The number of hydrogen-bond donors (Lipinski definition) is 0. The highest BCUT2D eigenvalue weighted by molar-refractivity contribution is 5.72. The maximum Gasteiger partial charge on any atom is 0.157 e. The minimum atomic E-state index is -0.974. The van der Waals surface area contributed by atoms with Crippen LogP contribution in [0.1, 0.15) is 33.4 Å². The highest BCUT2D eigenvalue weighted by Crippen LogP contribution is 2.48. The van der Waals surface area contributed by atoms with Gasteiger partial charge in [0.2, 0.25) is 0 Å². The highest BCUT2D eigenvalue weighted by Gasteiger charge is 2.42. The van der Waals surface area contributed by atoms with Crippen LogP contribution in [0.2, 0.25) is 0 Å². The third-order valence-corrected chi connectivity index (χ3v) is 8.71. The Morgan fingerprint density at radius 2 is 0.543 bits per heavy atom. The second kappa shape index (κ2) is 13.0. The van der Waals surface area contributed by atoms with Crippen molar-refractivity contribution in [3.05, 3.63) is 240 Å². The Hall–Kier alpha value is -5.86. The SMILES string of the molecule is c1ccc(-c2ccccc2C(N=NC(c2ccccc2)(c2ccccc2)c2ccccc2)(c2ccccc2)c2ccccc2)cc1. The maximum atomic E-state index is 5.68. The van der Waals surface area contributed by atoms with E-state index in [9.17, 15) is 0 Å². The summed E-state index contributed by atoms with van der Waals surface area (Å²) in [6.45, 7) is 0. The highest BCUT2D eigenvalue weighted by atomic mass is 15.2. The van der Waals surface area contributed by atoms with Crippen molar-refractivity contribution in [2.45, 2.75) is 11.1 Å². The molecule has 0 aliphatic carbocycles. The third-order valence-electron chi connectivity index (χ3n) is 8.71. The fourth-order valence-electron chi connectivity index (χ4n) is 6.54. The molecular formula is C44H34N2. The number of hydrogen-bond acceptors (Lipinski definition) is 2. The monoisotopic (exact) mass is 590 g/mol. The molecule has 0 bridgehead atoms. The predicted octanol–water partition coefficient (Wildman–Crippen LogP) is 11.1. The third kappa shape index (κ3) is 5.25. The summed E-state index contributed by atoms with van der Waals surface area (Å²) in [5.74, 6) is 0. The van der Waals surface area contributed by atoms with Crippen molar-refractivity contribution in [1.82, 2.24) is 0 Å². The summed E-state index contributed by atoms with van der Waals surface area (Å²) in [4.78, 5) is 0. The van der Waals surface area contributed by atoms with E-state index in [1.807, 2.05) is 0 Å². The lowest BCUT2D eigenvalue weighted by Crippen LogP contribution is -2.31. The van der Waals surface area contributed by atoms with Gasteiger partial charge in [0.25, 0.3) is 0 Å². The summed E-state index contributed by atoms with van der Waals surface area (Å²) in [6.07, 6.45) is 0. The molecule has 0 N–H and O–H groups in total. The molecule has 0 aromatic heterocycles. The van der Waals surface area contributed by atoms with Crippen molar-refractivity contribution in [2.75, 3.05) is 0 Å². The van der Waals surface area contributed by atoms with Gasteiger partial charge < -0.3 is 0 Å². The maximum absolute atomic E-state index is 5.68. The number of azo groups is 1. The first-order valence-electron chi connectivity index (χ1n) is 15.7. The Bertz CT molecular complexity index is 1870. The molecule has 0 atom stereocenters. The van der Waals surface area contributed by atoms with Crippen LogP contribution in [-0.2, 0) is 11.1 Å². The predicted molar refractivity (Wildman–Crippen MR) is 189 cm³/mol. The van der Waals surface area contributed by atoms with Gasteiger partial charge in [0.15, 0.2) is 11.1 Å². The molecule has 0 aliphatic heterocycles. The first-order chi connectivity index (χ1) is 22.8. The van der Waals surface area contributed by atoms with Crippen LogP contribution in [0.3, 0.4) is 0 Å². The van der Waals surface area contributed by atoms with E-state index in [2.05, 4.69) is 206 Å². The van der Waals surface area contributed by atoms with Crippen molar-refractivity contribution in [3.63, 3.8) is 0 Å². The van der Waals surface area contributed by atoms with Gasteiger partial charge in [-0.05, 0) is 44.5 Å². The molecule has 0 amide bonds. The van der Waals surface area contributed by atoms with E-state index >= 15 is 0 Å². The quantitative estimate of drug-likeness (QED) is 0.118. The average Bonchev–Trinajstić information content (AvgIpc) is 3.16. The standard InChI is InChI=1S/C44H34N2/c1-7-21-35(22-8-1)41-33-19-20-34-42(41)44(39-29-15-5-16-30-39,40-31-17-6-18-32-40)46-45-43(36-23-9-2-10-24-36,37-25-11-3-12-26-37)38-27-13-4-14-28-38/h1-34H. The van der Waals surface area contributed by atoms with Crippen LogP contribution in [0.4, 0.5) is 0 Å². The molecule has 0 fully saturated rings. The van der Waals surface area contributed by atoms with Crippen LogP contribution in [-0.4, -0.2) is 0 Å². The van der Waals surface area contributed by atoms with Crippen molar-refractivity contribution in [2.24, 2.45) is 10.2 Å². The Kier molecular flexibility index (Phi) is 8.17. The normalized spacial score (nSPS) is 11.8. The topological polar surface area (TPSA) is 24.7 Å². The van der Waals surface area contributed by atoms with E-state index in [0.717, 1.165) is 44.5 Å². The second-order valence-corrected chi connectivity index (χ2v) is 11.4. The van der Waals surface area contributed by atoms with Crippen molar-refractivity contribution >= 4 is 0 Å². The molecule has 0 saturated heterocycles. The van der Waals surface area contributed by atoms with E-state index in [0.29, 0.717) is 0 Å². The smallest absolute Gasteiger partial charge is 0.157 e. The molecule has 0 spiro atoms. The van der Waals surface area contributed by atoms with E-state index in [1.165, 1.54) is 0 Å². The number of rotatable bonds is 9. The van der Waals surface area contributed by atoms with E-state index in [-0.39, 0.29) is 0 Å². The molecular weight excluding hydrogens is 556 g/mol. The molecule has 7 aromatic carbocycles. The molecule has 7 aromatic rings. The van der Waals surface area contributed by atoms with Crippen molar-refractivity contribution < 1.29 is 0 Å². The van der Waals surface area contributed by atoms with Crippen LogP contribution >= 0.6 is 0 Å². The van der Waals surface area contributed by atoms with Gasteiger partial charge >= 0.3 is 0 Å². The van der Waals surface area contributed by atoms with Crippen LogP contribution < -0.4 is 0 Å². The summed E-state index contributed by atoms with van der Waals surface area (Å²) in [7, 11) is 0. The molecule has 0 saturated carbocycles. The first-order valence-corrected chi connectivity index (χ1v) is 15.7. The molecule has 0 unspecified atom stereocenters. The number of benzene rings is 7. The zero-order chi connectivity index (χ0) is 31.1. The van der Waals surface area contributed by atoms with Crippen molar-refractivity contribution in [3.8, 4) is 11.1 Å². The summed E-state index contributed by atoms with van der Waals surface area (Å²) >= 11 is 0. The van der Waals surface area contributed by atoms with Crippen LogP contribution in [0.5, 0.6) is 0 Å². The minimum absolute atomic E-state index is 0.916. The first kappa shape index (κ1) is 28.9. The van der Waals surface area contributed by atoms with Gasteiger partial charge in [0.05, 0.1) is 0 Å². The Morgan fingerprint density at radius 3 is 0.935 bits per heavy atom. The van der Waals surface area contributed by atoms with Crippen LogP contribution in [0.15, 0.2) is 216 Å². The lowest BCUT2D eigenvalue weighted by Gasteiger charge is -2.36. The average molecular weight is 591 g/mol. The van der Waals surface area contributed by atoms with Gasteiger partial charge in [-0.2, -0.15) is 10.2 Å². The summed E-state index contributed by atoms with van der Waals surface area (Å²) in [5.41, 5.74) is 6.62. The van der Waals surface area contributed by atoms with Crippen LogP contribution in [0, 0.1) is 0 Å². The van der Waals surface area contributed by atoms with Gasteiger partial charge in [0.1, 0.15) is 0 Å². The number of nitrogens with zero attached hydrogens (tertiary/aromatic N) is 2. The zero-order valence-electron chi connectivity index (χ0n) is 25.5. The summed E-state index contributed by atoms with van der Waals surface area (Å²) in [6, 6.07) is 71.9. The molecule has 0 radical (unpaired) electrons. The van der Waals surface area contributed by atoms with Gasteiger partial charge in [-0.25, -0.2) is 0 Å². The van der Waals surface area contributed by atoms with Gasteiger partial charge in [-0.15, -0.1) is 0 Å². The molecule has 0 heterocycles. The summed E-state index contributed by atoms with van der Waals surface area (Å²) in [5, 5.41) is 11.3. The lowest BCUT2D eigenvalue weighted by molar-refractivity contribution is 0.525. The molecule has 220 valence electrons. The Balaban J connectivity index is 1.61. The fourth-order valence-corrected chi connectivity index (χ4v) is 6.54. The Labute approximate surface area is 271 Å². The van der Waals surface area contributed by atoms with Gasteiger partial charge in [-0.1, -0.05) is 206 Å². The Morgan fingerprint density at radius 1 is 0.261 bits per heavy atom. The van der Waals surface area contributed by atoms with E-state index in [1.54, 1.807) is 0 Å². The molecule has 46 heavy (non-hydrogen) atoms.